The molecular weight excluding hydrogens is 267 g/mol. The summed E-state index contributed by atoms with van der Waals surface area (Å²) in [6.07, 6.45) is -7.76. The molecule has 1 aromatic rings. The minimum absolute atomic E-state index is 0.290. The van der Waals surface area contributed by atoms with Crippen molar-refractivity contribution >= 4 is 11.6 Å². The lowest BCUT2D eigenvalue weighted by molar-refractivity contribution is -0.206. The molecule has 0 amide bonds. The lowest BCUT2D eigenvalue weighted by atomic mass is 10.0. The van der Waals surface area contributed by atoms with Crippen LogP contribution in [0, 0.1) is 0 Å². The van der Waals surface area contributed by atoms with Gasteiger partial charge < -0.3 is 5.11 Å². The molecule has 1 rings (SSSR count). The van der Waals surface area contributed by atoms with Crippen LogP contribution in [0.5, 0.6) is 0 Å². The Kier molecular flexibility index (Phi) is 3.69. The first-order chi connectivity index (χ1) is 7.51. The number of alkyl halides is 5. The second kappa shape index (κ2) is 4.42. The van der Waals surface area contributed by atoms with Crippen LogP contribution >= 0.6 is 11.6 Å². The first-order valence-corrected chi connectivity index (χ1v) is 4.83. The number of aliphatic hydroxyl groups excluding tert-OH is 1. The van der Waals surface area contributed by atoms with Crippen molar-refractivity contribution in [3.05, 3.63) is 34.3 Å². The average Bonchev–Trinajstić information content (AvgIpc) is 2.12. The summed E-state index contributed by atoms with van der Waals surface area (Å²) in [4.78, 5) is 0. The third-order valence-electron chi connectivity index (χ3n) is 2.05. The van der Waals surface area contributed by atoms with Crippen LogP contribution in [-0.2, 0) is 5.92 Å². The fraction of sp³-hybridized carbons (Fsp3) is 0.400. The predicted octanol–water partition coefficient (Wildman–Crippen LogP) is 4.05. The third-order valence-corrected chi connectivity index (χ3v) is 2.27. The van der Waals surface area contributed by atoms with E-state index >= 15 is 0 Å². The molecule has 0 heterocycles. The summed E-state index contributed by atoms with van der Waals surface area (Å²) in [5.74, 6) is -3.33. The molecule has 1 aromatic carbocycles. The monoisotopic (exact) mass is 274 g/mol. The Hall–Kier alpha value is -0.880. The molecule has 0 aliphatic carbocycles. The molecule has 0 aliphatic rings. The van der Waals surface area contributed by atoms with Crippen LogP contribution in [0.1, 0.15) is 24.2 Å². The van der Waals surface area contributed by atoms with Crippen molar-refractivity contribution in [3.8, 4) is 0 Å². The second-order valence-corrected chi connectivity index (χ2v) is 4.04. The van der Waals surface area contributed by atoms with Gasteiger partial charge in [0, 0.05) is 17.5 Å². The van der Waals surface area contributed by atoms with E-state index in [2.05, 4.69) is 0 Å². The van der Waals surface area contributed by atoms with Crippen molar-refractivity contribution < 1.29 is 27.1 Å². The summed E-state index contributed by atoms with van der Waals surface area (Å²) >= 11 is 5.44. The maximum absolute atomic E-state index is 13.0. The molecule has 1 N–H and O–H groups in total. The Morgan fingerprint density at radius 2 is 1.65 bits per heavy atom. The molecular formula is C10H8ClF5O. The summed E-state index contributed by atoms with van der Waals surface area (Å²) < 4.78 is 62.5. The molecule has 0 saturated heterocycles. The van der Waals surface area contributed by atoms with Crippen LogP contribution in [0.2, 0.25) is 5.02 Å². The van der Waals surface area contributed by atoms with Gasteiger partial charge in [0.05, 0.1) is 0 Å². The normalized spacial score (nSPS) is 14.8. The fourth-order valence-corrected chi connectivity index (χ4v) is 1.46. The van der Waals surface area contributed by atoms with Crippen LogP contribution in [-0.4, -0.2) is 11.3 Å². The maximum Gasteiger partial charge on any atom is 0.418 e. The highest BCUT2D eigenvalue weighted by Crippen LogP contribution is 2.37. The molecule has 1 unspecified atom stereocenters. The lowest BCUT2D eigenvalue weighted by Crippen LogP contribution is -2.21. The lowest BCUT2D eigenvalue weighted by Gasteiger charge is -2.18. The van der Waals surface area contributed by atoms with Crippen LogP contribution in [0.15, 0.2) is 18.2 Å². The standard InChI is InChI=1S/C10H8ClF5O/c1-9(12,13)6-2-5(3-7(11)4-6)8(17)10(14,15)16/h2-4,8,17H,1H3. The van der Waals surface area contributed by atoms with E-state index in [1.807, 2.05) is 0 Å². The van der Waals surface area contributed by atoms with Crippen LogP contribution < -0.4 is 0 Å². The summed E-state index contributed by atoms with van der Waals surface area (Å²) in [7, 11) is 0. The molecule has 1 nitrogen and oxygen atoms in total. The fourth-order valence-electron chi connectivity index (χ4n) is 1.21. The first-order valence-electron chi connectivity index (χ1n) is 4.45. The molecule has 0 bridgehead atoms. The third kappa shape index (κ3) is 3.54. The van der Waals surface area contributed by atoms with Gasteiger partial charge in [0.25, 0.3) is 5.92 Å². The zero-order valence-electron chi connectivity index (χ0n) is 8.52. The molecule has 0 fully saturated rings. The van der Waals surface area contributed by atoms with Crippen molar-refractivity contribution in [1.29, 1.82) is 0 Å². The number of hydrogen-bond donors (Lipinski definition) is 1. The zero-order valence-corrected chi connectivity index (χ0v) is 9.28. The summed E-state index contributed by atoms with van der Waals surface area (Å²) in [6, 6.07) is 2.24. The van der Waals surface area contributed by atoms with E-state index in [9.17, 15) is 22.0 Å². The van der Waals surface area contributed by atoms with Gasteiger partial charge in [-0.05, 0) is 23.8 Å². The second-order valence-electron chi connectivity index (χ2n) is 3.61. The Morgan fingerprint density at radius 1 is 1.12 bits per heavy atom. The number of rotatable bonds is 2. The predicted molar refractivity (Wildman–Crippen MR) is 52.0 cm³/mol. The van der Waals surface area contributed by atoms with E-state index in [0.29, 0.717) is 13.0 Å². The van der Waals surface area contributed by atoms with Crippen molar-refractivity contribution in [2.45, 2.75) is 25.1 Å². The van der Waals surface area contributed by atoms with Crippen LogP contribution in [0.25, 0.3) is 0 Å². The Bertz CT molecular complexity index is 410. The molecule has 7 heteroatoms. The van der Waals surface area contributed by atoms with Crippen molar-refractivity contribution in [2.75, 3.05) is 0 Å². The molecule has 17 heavy (non-hydrogen) atoms. The molecule has 0 aromatic heterocycles. The average molecular weight is 275 g/mol. The van der Waals surface area contributed by atoms with Gasteiger partial charge in [-0.3, -0.25) is 0 Å². The van der Waals surface area contributed by atoms with Gasteiger partial charge in [-0.15, -0.1) is 0 Å². The molecule has 0 spiro atoms. The zero-order chi connectivity index (χ0) is 13.4. The van der Waals surface area contributed by atoms with Gasteiger partial charge >= 0.3 is 6.18 Å². The van der Waals surface area contributed by atoms with Gasteiger partial charge in [-0.25, -0.2) is 8.78 Å². The van der Waals surface area contributed by atoms with E-state index in [0.717, 1.165) is 12.1 Å². The van der Waals surface area contributed by atoms with Gasteiger partial charge in [0.1, 0.15) is 0 Å². The van der Waals surface area contributed by atoms with E-state index < -0.39 is 29.3 Å². The number of hydrogen-bond acceptors (Lipinski definition) is 1. The van der Waals surface area contributed by atoms with Crippen molar-refractivity contribution in [3.63, 3.8) is 0 Å². The van der Waals surface area contributed by atoms with Gasteiger partial charge in [-0.1, -0.05) is 11.6 Å². The summed E-state index contributed by atoms with van der Waals surface area (Å²) in [5.41, 5.74) is -1.38. The van der Waals surface area contributed by atoms with E-state index in [1.54, 1.807) is 0 Å². The van der Waals surface area contributed by atoms with Crippen LogP contribution in [0.4, 0.5) is 22.0 Å². The minimum Gasteiger partial charge on any atom is -0.379 e. The first kappa shape index (κ1) is 14.2. The highest BCUT2D eigenvalue weighted by Gasteiger charge is 2.40. The maximum atomic E-state index is 13.0. The smallest absolute Gasteiger partial charge is 0.379 e. The Balaban J connectivity index is 3.24. The largest absolute Gasteiger partial charge is 0.418 e. The minimum atomic E-state index is -4.93. The van der Waals surface area contributed by atoms with Crippen molar-refractivity contribution in [1.82, 2.24) is 0 Å². The van der Waals surface area contributed by atoms with E-state index in [4.69, 9.17) is 16.7 Å². The molecule has 0 radical (unpaired) electrons. The quantitative estimate of drug-likeness (QED) is 0.807. The van der Waals surface area contributed by atoms with Gasteiger partial charge in [-0.2, -0.15) is 13.2 Å². The molecule has 0 aliphatic heterocycles. The van der Waals surface area contributed by atoms with Crippen LogP contribution in [0.3, 0.4) is 0 Å². The highest BCUT2D eigenvalue weighted by atomic mass is 35.5. The van der Waals surface area contributed by atoms with E-state index in [-0.39, 0.29) is 5.02 Å². The molecule has 0 saturated carbocycles. The van der Waals surface area contributed by atoms with E-state index in [1.165, 1.54) is 0 Å². The van der Waals surface area contributed by atoms with Gasteiger partial charge in [0.2, 0.25) is 0 Å². The number of benzene rings is 1. The Morgan fingerprint density at radius 3 is 2.06 bits per heavy atom. The SMILES string of the molecule is CC(F)(F)c1cc(Cl)cc(C(O)C(F)(F)F)c1. The topological polar surface area (TPSA) is 20.2 Å². The molecule has 96 valence electrons. The number of aliphatic hydroxyl groups is 1. The van der Waals surface area contributed by atoms with Gasteiger partial charge in [0.15, 0.2) is 6.10 Å². The summed E-state index contributed by atoms with van der Waals surface area (Å²) in [6.45, 7) is 0.530. The van der Waals surface area contributed by atoms with Crippen molar-refractivity contribution in [2.24, 2.45) is 0 Å². The molecule has 1 atom stereocenters. The number of halogens is 6. The summed E-state index contributed by atoms with van der Waals surface area (Å²) in [5, 5.41) is 8.65. The highest BCUT2D eigenvalue weighted by molar-refractivity contribution is 6.30. The Labute approximate surface area is 98.8 Å².